The van der Waals surface area contributed by atoms with Crippen molar-refractivity contribution in [1.82, 2.24) is 0 Å². The number of hydrogen-bond acceptors (Lipinski definition) is 2. The number of halogens is 3. The molecular weight excluding hydrogens is 469 g/mol. The van der Waals surface area contributed by atoms with Gasteiger partial charge in [-0.2, -0.15) is 13.2 Å². The van der Waals surface area contributed by atoms with Gasteiger partial charge in [0.1, 0.15) is 5.97 Å². The summed E-state index contributed by atoms with van der Waals surface area (Å²) >= 11 is 0. The van der Waals surface area contributed by atoms with Crippen molar-refractivity contribution in [2.75, 3.05) is 0 Å². The van der Waals surface area contributed by atoms with Crippen molar-refractivity contribution in [2.45, 2.75) is 80.2 Å². The molecular formula is C29H33F3O2S. The largest absolute Gasteiger partial charge is 0.542 e. The Kier molecular flexibility index (Phi) is 11.4. The summed E-state index contributed by atoms with van der Waals surface area (Å²) in [5, 5.41) is 8.78. The van der Waals surface area contributed by atoms with Crippen molar-refractivity contribution >= 4 is 16.9 Å². The zero-order valence-electron chi connectivity index (χ0n) is 20.5. The summed E-state index contributed by atoms with van der Waals surface area (Å²) in [5.41, 5.74) is 4.64. The molecule has 35 heavy (non-hydrogen) atoms. The predicted molar refractivity (Wildman–Crippen MR) is 135 cm³/mol. The number of aryl methyl sites for hydroxylation is 3. The average molecular weight is 503 g/mol. The standard InChI is InChI=1S/C27H33S.C2HF3O2/c1-4-13-22-20-23(14-5-2)27(24(21-22)15-6-3)28(25-16-9-7-10-17-25)26-18-11-8-12-19-26;3-2(4,5)1(6)7/h7-12,16-21H,4-6,13-15H2,1-3H3;(H,6,7)/q+1;/p-1. The van der Waals surface area contributed by atoms with Gasteiger partial charge in [0, 0.05) is 11.1 Å². The summed E-state index contributed by atoms with van der Waals surface area (Å²) in [7, 11) is -0.0529. The molecule has 0 aliphatic carbocycles. The van der Waals surface area contributed by atoms with Crippen molar-refractivity contribution in [3.63, 3.8) is 0 Å². The number of carboxylic acids is 1. The Morgan fingerprint density at radius 3 is 1.43 bits per heavy atom. The Bertz CT molecular complexity index is 984. The number of carboxylic acid groups (broad SMARTS) is 1. The lowest BCUT2D eigenvalue weighted by Crippen LogP contribution is -2.37. The van der Waals surface area contributed by atoms with E-state index in [2.05, 4.69) is 93.6 Å². The van der Waals surface area contributed by atoms with Gasteiger partial charge in [-0.1, -0.05) is 88.6 Å². The monoisotopic (exact) mass is 502 g/mol. The van der Waals surface area contributed by atoms with Crippen LogP contribution >= 0.6 is 0 Å². The maximum atomic E-state index is 10.5. The fraction of sp³-hybridized carbons (Fsp3) is 0.345. The minimum atomic E-state index is -5.19. The third-order valence-corrected chi connectivity index (χ3v) is 7.69. The maximum Gasteiger partial charge on any atom is 0.430 e. The average Bonchev–Trinajstić information content (AvgIpc) is 2.83. The van der Waals surface area contributed by atoms with Crippen molar-refractivity contribution < 1.29 is 23.1 Å². The summed E-state index contributed by atoms with van der Waals surface area (Å²) in [6.45, 7) is 6.89. The second kappa shape index (κ2) is 14.0. The molecule has 0 aliphatic rings. The van der Waals surface area contributed by atoms with Gasteiger partial charge >= 0.3 is 6.18 Å². The van der Waals surface area contributed by atoms with Gasteiger partial charge in [-0.15, -0.1) is 0 Å². The highest BCUT2D eigenvalue weighted by Gasteiger charge is 2.33. The number of hydrogen-bond donors (Lipinski definition) is 0. The minimum Gasteiger partial charge on any atom is -0.542 e. The van der Waals surface area contributed by atoms with Crippen molar-refractivity contribution in [2.24, 2.45) is 0 Å². The lowest BCUT2D eigenvalue weighted by molar-refractivity contribution is -0.344. The van der Waals surface area contributed by atoms with E-state index < -0.39 is 12.1 Å². The second-order valence-electron chi connectivity index (χ2n) is 8.21. The molecule has 0 atom stereocenters. The first kappa shape index (κ1) is 28.5. The van der Waals surface area contributed by atoms with Crippen LogP contribution < -0.4 is 5.11 Å². The second-order valence-corrected chi connectivity index (χ2v) is 10.2. The van der Waals surface area contributed by atoms with Gasteiger partial charge in [0.2, 0.25) is 0 Å². The molecule has 0 amide bonds. The zero-order valence-corrected chi connectivity index (χ0v) is 21.3. The number of carbonyl (C=O) groups excluding carboxylic acids is 1. The van der Waals surface area contributed by atoms with Crippen molar-refractivity contribution in [3.05, 3.63) is 89.5 Å². The molecule has 3 aromatic carbocycles. The van der Waals surface area contributed by atoms with Gasteiger partial charge in [-0.3, -0.25) is 0 Å². The van der Waals surface area contributed by atoms with Crippen LogP contribution in [0.15, 0.2) is 87.5 Å². The SMILES string of the molecule is CCCc1cc(CCC)c([S+](c2ccccc2)c2ccccc2)c(CCC)c1.O=C([O-])C(F)(F)F. The third kappa shape index (κ3) is 8.46. The quantitative estimate of drug-likeness (QED) is 0.298. The van der Waals surface area contributed by atoms with E-state index in [9.17, 15) is 13.2 Å². The lowest BCUT2D eigenvalue weighted by Gasteiger charge is -2.17. The minimum absolute atomic E-state index is 0.0529. The molecule has 0 N–H and O–H groups in total. The van der Waals surface area contributed by atoms with Crippen LogP contribution in [0.25, 0.3) is 0 Å². The fourth-order valence-corrected chi connectivity index (χ4v) is 6.37. The highest BCUT2D eigenvalue weighted by molar-refractivity contribution is 7.97. The molecule has 0 bridgehead atoms. The van der Waals surface area contributed by atoms with Crippen LogP contribution in [0.3, 0.4) is 0 Å². The van der Waals surface area contributed by atoms with Crippen molar-refractivity contribution in [3.8, 4) is 0 Å². The molecule has 3 rings (SSSR count). The molecule has 0 fully saturated rings. The third-order valence-electron chi connectivity index (χ3n) is 5.27. The summed E-state index contributed by atoms with van der Waals surface area (Å²) < 4.78 is 31.5. The lowest BCUT2D eigenvalue weighted by atomic mass is 9.97. The Morgan fingerprint density at radius 1 is 0.743 bits per heavy atom. The summed E-state index contributed by atoms with van der Waals surface area (Å²) in [6.07, 6.45) is 1.89. The number of carbonyl (C=O) groups is 1. The molecule has 6 heteroatoms. The normalized spacial score (nSPS) is 11.2. The Morgan fingerprint density at radius 2 is 1.11 bits per heavy atom. The summed E-state index contributed by atoms with van der Waals surface area (Å²) in [5.74, 6) is -3.01. The Balaban J connectivity index is 0.000000540. The molecule has 0 saturated heterocycles. The van der Waals surface area contributed by atoms with Crippen LogP contribution in [-0.2, 0) is 35.0 Å². The first-order chi connectivity index (χ1) is 16.7. The van der Waals surface area contributed by atoms with Gasteiger partial charge < -0.3 is 9.90 Å². The van der Waals surface area contributed by atoms with E-state index in [1.54, 1.807) is 16.0 Å². The molecule has 188 valence electrons. The Hall–Kier alpha value is -2.73. The van der Waals surface area contributed by atoms with E-state index in [0.717, 1.165) is 12.8 Å². The molecule has 0 heterocycles. The molecule has 0 radical (unpaired) electrons. The maximum absolute atomic E-state index is 10.5. The van der Waals surface area contributed by atoms with Crippen molar-refractivity contribution in [1.29, 1.82) is 0 Å². The van der Waals surface area contributed by atoms with Crippen LogP contribution in [0.5, 0.6) is 0 Å². The van der Waals surface area contributed by atoms with Crippen LogP contribution in [0.1, 0.15) is 56.7 Å². The number of benzene rings is 3. The molecule has 2 nitrogen and oxygen atoms in total. The van der Waals surface area contributed by atoms with Gasteiger partial charge in [0.15, 0.2) is 14.7 Å². The highest BCUT2D eigenvalue weighted by atomic mass is 32.2. The first-order valence-corrected chi connectivity index (χ1v) is 13.2. The number of aliphatic carboxylic acids is 1. The number of rotatable bonds is 9. The van der Waals surface area contributed by atoms with E-state index in [1.807, 2.05) is 0 Å². The van der Waals surface area contributed by atoms with Gasteiger partial charge in [-0.05, 0) is 49.1 Å². The van der Waals surface area contributed by atoms with Gasteiger partial charge in [0.05, 0.1) is 10.9 Å². The van der Waals surface area contributed by atoms with E-state index in [-0.39, 0.29) is 10.9 Å². The van der Waals surface area contributed by atoms with Crippen LogP contribution in [0, 0.1) is 0 Å². The molecule has 0 spiro atoms. The fourth-order valence-electron chi connectivity index (χ4n) is 3.92. The smallest absolute Gasteiger partial charge is 0.430 e. The molecule has 0 unspecified atom stereocenters. The molecule has 0 aliphatic heterocycles. The van der Waals surface area contributed by atoms with E-state index in [1.165, 1.54) is 41.0 Å². The van der Waals surface area contributed by atoms with E-state index in [4.69, 9.17) is 9.90 Å². The first-order valence-electron chi connectivity index (χ1n) is 12.0. The van der Waals surface area contributed by atoms with Crippen LogP contribution in [0.2, 0.25) is 0 Å². The zero-order chi connectivity index (χ0) is 25.8. The predicted octanol–water partition coefficient (Wildman–Crippen LogP) is 6.94. The Labute approximate surface area is 209 Å². The van der Waals surface area contributed by atoms with E-state index >= 15 is 0 Å². The molecule has 3 aromatic rings. The van der Waals surface area contributed by atoms with Gasteiger partial charge in [-0.25, -0.2) is 0 Å². The summed E-state index contributed by atoms with van der Waals surface area (Å²) in [6, 6.07) is 27.2. The topological polar surface area (TPSA) is 40.1 Å². The number of alkyl halides is 3. The van der Waals surface area contributed by atoms with Gasteiger partial charge in [0.25, 0.3) is 0 Å². The summed E-state index contributed by atoms with van der Waals surface area (Å²) in [4.78, 5) is 13.2. The molecule has 0 aromatic heterocycles. The van der Waals surface area contributed by atoms with Crippen LogP contribution in [-0.4, -0.2) is 12.1 Å². The van der Waals surface area contributed by atoms with Crippen LogP contribution in [0.4, 0.5) is 13.2 Å². The molecule has 0 saturated carbocycles. The van der Waals surface area contributed by atoms with E-state index in [0.29, 0.717) is 0 Å². The highest BCUT2D eigenvalue weighted by Crippen LogP contribution is 2.37.